The zero-order valence-corrected chi connectivity index (χ0v) is 15.3. The molecule has 0 radical (unpaired) electrons. The Morgan fingerprint density at radius 3 is 2.74 bits per heavy atom. The monoisotopic (exact) mass is 389 g/mol. The van der Waals surface area contributed by atoms with Gasteiger partial charge in [-0.1, -0.05) is 35.9 Å². The van der Waals surface area contributed by atoms with Crippen LogP contribution >= 0.6 is 11.6 Å². The van der Waals surface area contributed by atoms with Gasteiger partial charge in [0.2, 0.25) is 0 Å². The Labute approximate surface area is 160 Å². The summed E-state index contributed by atoms with van der Waals surface area (Å²) in [6.07, 6.45) is 0. The molecule has 6 nitrogen and oxygen atoms in total. The van der Waals surface area contributed by atoms with E-state index in [1.54, 1.807) is 30.3 Å². The van der Waals surface area contributed by atoms with Crippen LogP contribution in [0.5, 0.6) is 6.01 Å². The highest BCUT2D eigenvalue weighted by atomic mass is 35.5. The molecule has 8 heteroatoms. The Morgan fingerprint density at radius 2 is 2.00 bits per heavy atom. The van der Waals surface area contributed by atoms with E-state index in [2.05, 4.69) is 10.1 Å². The molecule has 0 aliphatic heterocycles. The molecular formula is C19H17ClFN3O3. The second-order valence-corrected chi connectivity index (χ2v) is 5.91. The number of rotatable bonds is 7. The third-order valence-electron chi connectivity index (χ3n) is 3.63. The molecule has 3 aromatic rings. The van der Waals surface area contributed by atoms with E-state index in [4.69, 9.17) is 21.1 Å². The number of ether oxygens (including phenoxy) is 2. The molecule has 0 fully saturated rings. The quantitative estimate of drug-likeness (QED) is 0.574. The summed E-state index contributed by atoms with van der Waals surface area (Å²) in [6.45, 7) is 3.02. The van der Waals surface area contributed by atoms with Crippen LogP contribution in [0.1, 0.15) is 17.3 Å². The number of nitrogens with zero attached hydrogens (tertiary/aromatic N) is 3. The van der Waals surface area contributed by atoms with Crippen molar-refractivity contribution >= 4 is 17.5 Å². The predicted molar refractivity (Wildman–Crippen MR) is 98.6 cm³/mol. The first kappa shape index (κ1) is 19.0. The minimum Gasteiger partial charge on any atom is -0.460 e. The van der Waals surface area contributed by atoms with Crippen molar-refractivity contribution in [2.24, 2.45) is 0 Å². The van der Waals surface area contributed by atoms with Crippen LogP contribution in [-0.2, 0) is 4.74 Å². The Hall–Kier alpha value is -2.77. The van der Waals surface area contributed by atoms with E-state index in [0.29, 0.717) is 23.8 Å². The second kappa shape index (κ2) is 8.75. The number of hydrogen-bond donors (Lipinski definition) is 0. The van der Waals surface area contributed by atoms with Gasteiger partial charge < -0.3 is 9.47 Å². The van der Waals surface area contributed by atoms with E-state index in [1.807, 2.05) is 6.92 Å². The molecule has 0 saturated carbocycles. The van der Waals surface area contributed by atoms with Crippen molar-refractivity contribution < 1.29 is 18.7 Å². The summed E-state index contributed by atoms with van der Waals surface area (Å²) in [6, 6.07) is 12.5. The molecule has 0 amide bonds. The predicted octanol–water partition coefficient (Wildman–Crippen LogP) is 3.84. The lowest BCUT2D eigenvalue weighted by Crippen LogP contribution is -2.17. The number of carbonyl (C=O) groups is 1. The van der Waals surface area contributed by atoms with E-state index in [1.165, 1.54) is 18.2 Å². The number of hydrogen-bond acceptors (Lipinski definition) is 5. The van der Waals surface area contributed by atoms with Gasteiger partial charge in [-0.3, -0.25) is 4.79 Å². The highest BCUT2D eigenvalue weighted by molar-refractivity contribution is 6.30. The topological polar surface area (TPSA) is 66.2 Å². The van der Waals surface area contributed by atoms with Crippen molar-refractivity contribution in [3.8, 4) is 17.4 Å². The molecule has 0 aliphatic rings. The summed E-state index contributed by atoms with van der Waals surface area (Å²) in [4.78, 5) is 17.1. The fraction of sp³-hybridized carbons (Fsp3) is 0.211. The van der Waals surface area contributed by atoms with Crippen LogP contribution < -0.4 is 4.74 Å². The van der Waals surface area contributed by atoms with Gasteiger partial charge in [-0.15, -0.1) is 5.10 Å². The van der Waals surface area contributed by atoms with E-state index in [-0.39, 0.29) is 24.0 Å². The standard InChI is InChI=1S/C19H17ClFN3O3/c1-2-26-10-11-27-19-22-17(13-6-5-7-14(20)12-13)24(23-19)18(25)15-8-3-4-9-16(15)21/h3-9,12H,2,10-11H2,1H3. The molecule has 2 aromatic carbocycles. The van der Waals surface area contributed by atoms with Crippen LogP contribution in [0.25, 0.3) is 11.4 Å². The van der Waals surface area contributed by atoms with Gasteiger partial charge >= 0.3 is 6.01 Å². The van der Waals surface area contributed by atoms with Crippen molar-refractivity contribution in [1.29, 1.82) is 0 Å². The van der Waals surface area contributed by atoms with Crippen LogP contribution in [0, 0.1) is 5.82 Å². The summed E-state index contributed by atoms with van der Waals surface area (Å²) in [5, 5.41) is 4.57. The number of benzene rings is 2. The lowest BCUT2D eigenvalue weighted by atomic mass is 10.2. The van der Waals surface area contributed by atoms with Crippen LogP contribution in [0.3, 0.4) is 0 Å². The van der Waals surface area contributed by atoms with Crippen molar-refractivity contribution in [3.05, 3.63) is 64.9 Å². The molecule has 1 heterocycles. The lowest BCUT2D eigenvalue weighted by Gasteiger charge is -2.05. The first-order chi connectivity index (χ1) is 13.1. The Morgan fingerprint density at radius 1 is 1.19 bits per heavy atom. The lowest BCUT2D eigenvalue weighted by molar-refractivity contribution is 0.0934. The minimum atomic E-state index is -0.657. The molecule has 3 rings (SSSR count). The van der Waals surface area contributed by atoms with Gasteiger partial charge in [0.15, 0.2) is 5.82 Å². The summed E-state index contributed by atoms with van der Waals surface area (Å²) in [5.41, 5.74) is 0.436. The maximum atomic E-state index is 14.1. The maximum Gasteiger partial charge on any atom is 0.336 e. The molecule has 0 saturated heterocycles. The van der Waals surface area contributed by atoms with Gasteiger partial charge in [0.25, 0.3) is 5.91 Å². The summed E-state index contributed by atoms with van der Waals surface area (Å²) in [5.74, 6) is -1.10. The average molecular weight is 390 g/mol. The van der Waals surface area contributed by atoms with Crippen LogP contribution in [0.4, 0.5) is 4.39 Å². The fourth-order valence-corrected chi connectivity index (χ4v) is 2.59. The smallest absolute Gasteiger partial charge is 0.336 e. The van der Waals surface area contributed by atoms with Gasteiger partial charge in [-0.05, 0) is 31.2 Å². The van der Waals surface area contributed by atoms with Crippen LogP contribution in [-0.4, -0.2) is 40.5 Å². The molecule has 0 unspecified atom stereocenters. The molecule has 0 bridgehead atoms. The zero-order chi connectivity index (χ0) is 19.2. The van der Waals surface area contributed by atoms with E-state index >= 15 is 0 Å². The number of aromatic nitrogens is 3. The van der Waals surface area contributed by atoms with Crippen molar-refractivity contribution in [1.82, 2.24) is 14.8 Å². The van der Waals surface area contributed by atoms with Gasteiger partial charge in [0, 0.05) is 17.2 Å². The minimum absolute atomic E-state index is 0.00521. The van der Waals surface area contributed by atoms with E-state index < -0.39 is 11.7 Å². The second-order valence-electron chi connectivity index (χ2n) is 5.47. The summed E-state index contributed by atoms with van der Waals surface area (Å²) < 4.78 is 25.7. The molecule has 0 spiro atoms. The Kier molecular flexibility index (Phi) is 6.16. The van der Waals surface area contributed by atoms with Gasteiger partial charge in [0.05, 0.1) is 12.2 Å². The molecular weight excluding hydrogens is 373 g/mol. The van der Waals surface area contributed by atoms with Crippen molar-refractivity contribution in [3.63, 3.8) is 0 Å². The zero-order valence-electron chi connectivity index (χ0n) is 14.6. The molecule has 0 aliphatic carbocycles. The molecule has 0 atom stereocenters. The third-order valence-corrected chi connectivity index (χ3v) is 3.87. The third kappa shape index (κ3) is 4.50. The number of carbonyl (C=O) groups excluding carboxylic acids is 1. The molecule has 27 heavy (non-hydrogen) atoms. The molecule has 140 valence electrons. The maximum absolute atomic E-state index is 14.1. The van der Waals surface area contributed by atoms with Crippen molar-refractivity contribution in [2.75, 3.05) is 19.8 Å². The molecule has 0 N–H and O–H groups in total. The summed E-state index contributed by atoms with van der Waals surface area (Å²) >= 11 is 6.04. The fourth-order valence-electron chi connectivity index (χ4n) is 2.40. The SMILES string of the molecule is CCOCCOc1nc(-c2cccc(Cl)c2)n(C(=O)c2ccccc2F)n1. The normalized spacial score (nSPS) is 10.8. The van der Waals surface area contributed by atoms with Crippen LogP contribution in [0.2, 0.25) is 5.02 Å². The Balaban J connectivity index is 1.98. The highest BCUT2D eigenvalue weighted by Gasteiger charge is 2.22. The van der Waals surface area contributed by atoms with E-state index in [9.17, 15) is 9.18 Å². The highest BCUT2D eigenvalue weighted by Crippen LogP contribution is 2.24. The Bertz CT molecular complexity index is 945. The van der Waals surface area contributed by atoms with Crippen molar-refractivity contribution in [2.45, 2.75) is 6.92 Å². The van der Waals surface area contributed by atoms with Gasteiger partial charge in [-0.25, -0.2) is 4.39 Å². The molecule has 1 aromatic heterocycles. The first-order valence-corrected chi connectivity index (χ1v) is 8.70. The van der Waals surface area contributed by atoms with Gasteiger partial charge in [0.1, 0.15) is 12.4 Å². The number of halogens is 2. The average Bonchev–Trinajstić information content (AvgIpc) is 3.09. The summed E-state index contributed by atoms with van der Waals surface area (Å²) in [7, 11) is 0. The van der Waals surface area contributed by atoms with Gasteiger partial charge in [-0.2, -0.15) is 9.67 Å². The first-order valence-electron chi connectivity index (χ1n) is 8.33. The van der Waals surface area contributed by atoms with E-state index in [0.717, 1.165) is 4.68 Å². The van der Waals surface area contributed by atoms with Crippen LogP contribution in [0.15, 0.2) is 48.5 Å². The largest absolute Gasteiger partial charge is 0.460 e.